The van der Waals surface area contributed by atoms with E-state index in [1.165, 1.54) is 257 Å². The van der Waals surface area contributed by atoms with Crippen molar-refractivity contribution in [2.45, 2.75) is 399 Å². The highest BCUT2D eigenvalue weighted by Gasteiger charge is 2.19. The number of hydrogen-bond donors (Lipinski definition) is 0. The fourth-order valence-corrected chi connectivity index (χ4v) is 11.1. The van der Waals surface area contributed by atoms with Gasteiger partial charge in [0.15, 0.2) is 6.10 Å². The van der Waals surface area contributed by atoms with Gasteiger partial charge in [-0.3, -0.25) is 14.4 Å². The van der Waals surface area contributed by atoms with E-state index in [1.807, 2.05) is 0 Å². The first-order chi connectivity index (χ1) is 41.0. The molecule has 0 rings (SSSR count). The lowest BCUT2D eigenvalue weighted by Gasteiger charge is -2.18. The number of allylic oxidation sites excluding steroid dienone is 10. The third-order valence-corrected chi connectivity index (χ3v) is 16.5. The Kier molecular flexibility index (Phi) is 69.1. The van der Waals surface area contributed by atoms with Crippen molar-refractivity contribution in [1.82, 2.24) is 0 Å². The van der Waals surface area contributed by atoms with Gasteiger partial charge in [0.05, 0.1) is 0 Å². The lowest BCUT2D eigenvalue weighted by Crippen LogP contribution is -2.30. The molecule has 1 unspecified atom stereocenters. The second kappa shape index (κ2) is 71.6. The molecule has 0 N–H and O–H groups in total. The molecular weight excluding hydrogens is 1020 g/mol. The monoisotopic (exact) mass is 1160 g/mol. The van der Waals surface area contributed by atoms with Crippen LogP contribution < -0.4 is 0 Å². The number of hydrogen-bond acceptors (Lipinski definition) is 6. The van der Waals surface area contributed by atoms with Crippen LogP contribution in [0.1, 0.15) is 393 Å². The highest BCUT2D eigenvalue weighted by molar-refractivity contribution is 5.71. The van der Waals surface area contributed by atoms with Gasteiger partial charge in [-0.1, -0.05) is 370 Å². The Bertz CT molecular complexity index is 1470. The quantitative estimate of drug-likeness (QED) is 0.0261. The van der Waals surface area contributed by atoms with Crippen LogP contribution in [0.2, 0.25) is 0 Å². The van der Waals surface area contributed by atoms with Crippen molar-refractivity contribution >= 4 is 17.9 Å². The maximum atomic E-state index is 13.0. The lowest BCUT2D eigenvalue weighted by atomic mass is 10.0. The average molecular weight is 1160 g/mol. The van der Waals surface area contributed by atoms with E-state index >= 15 is 0 Å². The largest absolute Gasteiger partial charge is 0.462 e. The summed E-state index contributed by atoms with van der Waals surface area (Å²) >= 11 is 0. The standard InChI is InChI=1S/C77H140O6/c1-4-7-10-13-16-19-22-25-27-29-31-33-35-36-37-38-39-40-41-43-44-46-48-50-52-55-58-61-64-67-70-76(79)82-73-74(72-81-75(78)69-66-63-60-57-54-24-21-18-15-12-9-6-3)83-77(80)71-68-65-62-59-56-53-51-49-47-45-42-34-32-30-28-26-23-20-17-14-11-8-5-2/h8,11,17,20,26,28,32,34,45,47,74H,4-7,9-10,12-16,18-19,21-25,27,29-31,33,35-44,46,48-73H2,1-3H3/b11-8-,20-17-,28-26-,34-32-,47-45-. The van der Waals surface area contributed by atoms with Crippen molar-refractivity contribution in [3.05, 3.63) is 60.8 Å². The van der Waals surface area contributed by atoms with Gasteiger partial charge in [-0.15, -0.1) is 0 Å². The summed E-state index contributed by atoms with van der Waals surface area (Å²) < 4.78 is 17.0. The summed E-state index contributed by atoms with van der Waals surface area (Å²) in [6.07, 6.45) is 92.7. The zero-order chi connectivity index (χ0) is 59.9. The maximum absolute atomic E-state index is 13.0. The Hall–Kier alpha value is -2.89. The molecule has 0 radical (unpaired) electrons. The minimum Gasteiger partial charge on any atom is -0.462 e. The minimum atomic E-state index is -0.779. The Labute approximate surface area is 517 Å². The molecule has 0 aromatic carbocycles. The van der Waals surface area contributed by atoms with E-state index in [0.29, 0.717) is 19.3 Å². The Balaban J connectivity index is 4.18. The van der Waals surface area contributed by atoms with E-state index in [9.17, 15) is 14.4 Å². The summed E-state index contributed by atoms with van der Waals surface area (Å²) in [6.45, 7) is 6.58. The van der Waals surface area contributed by atoms with Crippen LogP contribution in [0.5, 0.6) is 0 Å². The molecule has 0 bridgehead atoms. The first-order valence-corrected chi connectivity index (χ1v) is 36.8. The van der Waals surface area contributed by atoms with Gasteiger partial charge in [-0.2, -0.15) is 0 Å². The Morgan fingerprint density at radius 2 is 0.470 bits per heavy atom. The molecule has 0 spiro atoms. The molecule has 0 aliphatic carbocycles. The van der Waals surface area contributed by atoms with Crippen molar-refractivity contribution in [3.8, 4) is 0 Å². The fraction of sp³-hybridized carbons (Fsp3) is 0.831. The van der Waals surface area contributed by atoms with E-state index in [-0.39, 0.29) is 31.1 Å². The molecule has 83 heavy (non-hydrogen) atoms. The number of ether oxygens (including phenoxy) is 3. The van der Waals surface area contributed by atoms with Gasteiger partial charge in [0.2, 0.25) is 0 Å². The average Bonchev–Trinajstić information content (AvgIpc) is 3.49. The van der Waals surface area contributed by atoms with E-state index in [0.717, 1.165) is 96.3 Å². The third kappa shape index (κ3) is 69.8. The van der Waals surface area contributed by atoms with Crippen LogP contribution in [0, 0.1) is 0 Å². The van der Waals surface area contributed by atoms with Gasteiger partial charge in [-0.25, -0.2) is 0 Å². The van der Waals surface area contributed by atoms with Crippen LogP contribution in [0.4, 0.5) is 0 Å². The van der Waals surface area contributed by atoms with E-state index in [4.69, 9.17) is 14.2 Å². The molecule has 0 heterocycles. The molecule has 0 aliphatic heterocycles. The normalized spacial score (nSPS) is 12.4. The Morgan fingerprint density at radius 3 is 0.735 bits per heavy atom. The summed E-state index contributed by atoms with van der Waals surface area (Å²) in [6, 6.07) is 0. The summed E-state index contributed by atoms with van der Waals surface area (Å²) in [5.74, 6) is -0.860. The van der Waals surface area contributed by atoms with Crippen LogP contribution in [0.15, 0.2) is 60.8 Å². The van der Waals surface area contributed by atoms with Crippen LogP contribution in [-0.2, 0) is 28.6 Å². The first kappa shape index (κ1) is 80.1. The molecule has 0 saturated heterocycles. The molecule has 0 aromatic rings. The van der Waals surface area contributed by atoms with Gasteiger partial charge in [0.25, 0.3) is 0 Å². The van der Waals surface area contributed by atoms with Gasteiger partial charge in [0.1, 0.15) is 13.2 Å². The van der Waals surface area contributed by atoms with E-state index in [2.05, 4.69) is 81.5 Å². The Morgan fingerprint density at radius 1 is 0.253 bits per heavy atom. The molecule has 484 valence electrons. The molecule has 0 amide bonds. The number of rotatable bonds is 68. The van der Waals surface area contributed by atoms with Crippen molar-refractivity contribution in [1.29, 1.82) is 0 Å². The highest BCUT2D eigenvalue weighted by Crippen LogP contribution is 2.19. The zero-order valence-electron chi connectivity index (χ0n) is 55.7. The molecular formula is C77H140O6. The molecule has 0 fully saturated rings. The second-order valence-electron chi connectivity index (χ2n) is 24.8. The van der Waals surface area contributed by atoms with E-state index in [1.54, 1.807) is 0 Å². The van der Waals surface area contributed by atoms with Crippen LogP contribution in [0.25, 0.3) is 0 Å². The van der Waals surface area contributed by atoms with Crippen molar-refractivity contribution < 1.29 is 28.6 Å². The van der Waals surface area contributed by atoms with Crippen LogP contribution in [-0.4, -0.2) is 37.2 Å². The maximum Gasteiger partial charge on any atom is 0.306 e. The molecule has 6 nitrogen and oxygen atoms in total. The minimum absolute atomic E-state index is 0.0737. The third-order valence-electron chi connectivity index (χ3n) is 16.5. The van der Waals surface area contributed by atoms with Gasteiger partial charge >= 0.3 is 17.9 Å². The fourth-order valence-electron chi connectivity index (χ4n) is 11.1. The van der Waals surface area contributed by atoms with Crippen molar-refractivity contribution in [2.24, 2.45) is 0 Å². The number of unbranched alkanes of at least 4 members (excludes halogenated alkanes) is 47. The van der Waals surface area contributed by atoms with Crippen molar-refractivity contribution in [3.63, 3.8) is 0 Å². The van der Waals surface area contributed by atoms with Gasteiger partial charge in [-0.05, 0) is 64.2 Å². The predicted octanol–water partition coefficient (Wildman–Crippen LogP) is 25.5. The molecule has 1 atom stereocenters. The molecule has 6 heteroatoms. The lowest BCUT2D eigenvalue weighted by molar-refractivity contribution is -0.167. The van der Waals surface area contributed by atoms with Crippen LogP contribution >= 0.6 is 0 Å². The van der Waals surface area contributed by atoms with Gasteiger partial charge in [0, 0.05) is 19.3 Å². The highest BCUT2D eigenvalue weighted by atomic mass is 16.6. The summed E-state index contributed by atoms with van der Waals surface area (Å²) in [5, 5.41) is 0. The summed E-state index contributed by atoms with van der Waals surface area (Å²) in [7, 11) is 0. The second-order valence-corrected chi connectivity index (χ2v) is 24.8. The predicted molar refractivity (Wildman–Crippen MR) is 362 cm³/mol. The number of esters is 3. The zero-order valence-corrected chi connectivity index (χ0v) is 55.7. The SMILES string of the molecule is CC/C=C\C/C=C\C/C=C\C/C=C\C/C=C\CCCCCCCCCC(=O)OC(COC(=O)CCCCCCCCCCCCCC)COC(=O)CCCCCCCCCCCCCCCCCCCCCCCCCCCCCCCC. The first-order valence-electron chi connectivity index (χ1n) is 36.8. The van der Waals surface area contributed by atoms with E-state index < -0.39 is 6.10 Å². The molecule has 0 saturated carbocycles. The summed E-state index contributed by atoms with van der Waals surface area (Å²) in [5.41, 5.74) is 0. The molecule has 0 aliphatic rings. The van der Waals surface area contributed by atoms with Crippen molar-refractivity contribution in [2.75, 3.05) is 13.2 Å². The molecule has 0 aromatic heterocycles. The van der Waals surface area contributed by atoms with Crippen LogP contribution in [0.3, 0.4) is 0 Å². The van der Waals surface area contributed by atoms with Gasteiger partial charge < -0.3 is 14.2 Å². The number of carbonyl (C=O) groups excluding carboxylic acids is 3. The summed E-state index contributed by atoms with van der Waals surface area (Å²) in [4.78, 5) is 38.4. The number of carbonyl (C=O) groups is 3. The topological polar surface area (TPSA) is 78.9 Å². The smallest absolute Gasteiger partial charge is 0.306 e.